The smallest absolute Gasteiger partial charge is 0.194 e. The van der Waals surface area contributed by atoms with E-state index in [0.717, 1.165) is 19.0 Å². The highest BCUT2D eigenvalue weighted by Crippen LogP contribution is 2.09. The molecular formula is C10H20N4. The fourth-order valence-electron chi connectivity index (χ4n) is 2.03. The molecule has 2 heterocycles. The first kappa shape index (κ1) is 9.77. The quantitative estimate of drug-likeness (QED) is 0.688. The van der Waals surface area contributed by atoms with E-state index in [2.05, 4.69) is 34.1 Å². The van der Waals surface area contributed by atoms with E-state index in [0.29, 0.717) is 6.04 Å². The third kappa shape index (κ3) is 2.00. The van der Waals surface area contributed by atoms with Gasteiger partial charge in [-0.15, -0.1) is 0 Å². The molecule has 4 heteroatoms. The molecular weight excluding hydrogens is 176 g/mol. The summed E-state index contributed by atoms with van der Waals surface area (Å²) in [7, 11) is 2.10. The Morgan fingerprint density at radius 2 is 2.29 bits per heavy atom. The number of nitrogens with one attached hydrogen (secondary N) is 1. The van der Waals surface area contributed by atoms with Crippen molar-refractivity contribution in [1.29, 1.82) is 0 Å². The Kier molecular flexibility index (Phi) is 2.91. The van der Waals surface area contributed by atoms with Crippen molar-refractivity contribution in [3.8, 4) is 0 Å². The van der Waals surface area contributed by atoms with E-state index in [1.54, 1.807) is 0 Å². The van der Waals surface area contributed by atoms with Gasteiger partial charge >= 0.3 is 0 Å². The minimum Gasteiger partial charge on any atom is -0.351 e. The maximum atomic E-state index is 4.42. The van der Waals surface area contributed by atoms with Gasteiger partial charge in [0.1, 0.15) is 0 Å². The summed E-state index contributed by atoms with van der Waals surface area (Å²) >= 11 is 0. The number of hydrogen-bond donors (Lipinski definition) is 1. The van der Waals surface area contributed by atoms with E-state index in [1.165, 1.54) is 26.1 Å². The van der Waals surface area contributed by atoms with Crippen molar-refractivity contribution in [1.82, 2.24) is 15.1 Å². The van der Waals surface area contributed by atoms with Crippen LogP contribution in [0.5, 0.6) is 0 Å². The highest BCUT2D eigenvalue weighted by molar-refractivity contribution is 5.81. The van der Waals surface area contributed by atoms with E-state index < -0.39 is 0 Å². The topological polar surface area (TPSA) is 30.9 Å². The third-order valence-electron chi connectivity index (χ3n) is 2.89. The molecule has 80 valence electrons. The number of aliphatic imine (C=N–C) groups is 1. The SMILES string of the molecule is CCCN1CC(NC2=NCCN2C)C1. The van der Waals surface area contributed by atoms with Gasteiger partial charge in [-0.3, -0.25) is 9.89 Å². The summed E-state index contributed by atoms with van der Waals surface area (Å²) in [5.74, 6) is 1.09. The molecule has 0 spiro atoms. The van der Waals surface area contributed by atoms with Crippen molar-refractivity contribution in [2.45, 2.75) is 19.4 Å². The van der Waals surface area contributed by atoms with Gasteiger partial charge in [0.05, 0.1) is 12.6 Å². The number of nitrogens with zero attached hydrogens (tertiary/aromatic N) is 3. The van der Waals surface area contributed by atoms with E-state index in [-0.39, 0.29) is 0 Å². The molecule has 0 amide bonds. The second-order valence-electron chi connectivity index (χ2n) is 4.23. The molecule has 0 radical (unpaired) electrons. The summed E-state index contributed by atoms with van der Waals surface area (Å²) in [5, 5.41) is 3.49. The predicted molar refractivity (Wildman–Crippen MR) is 58.6 cm³/mol. The van der Waals surface area contributed by atoms with E-state index in [1.807, 2.05) is 0 Å². The monoisotopic (exact) mass is 196 g/mol. The molecule has 0 saturated carbocycles. The highest BCUT2D eigenvalue weighted by atomic mass is 15.4. The second-order valence-corrected chi connectivity index (χ2v) is 4.23. The van der Waals surface area contributed by atoms with Crippen LogP contribution in [-0.4, -0.2) is 61.6 Å². The molecule has 2 rings (SSSR count). The van der Waals surface area contributed by atoms with Gasteiger partial charge in [0.2, 0.25) is 0 Å². The summed E-state index contributed by atoms with van der Waals surface area (Å²) in [6.45, 7) is 7.84. The number of hydrogen-bond acceptors (Lipinski definition) is 4. The number of likely N-dealkylation sites (N-methyl/N-ethyl adjacent to an activating group) is 1. The Morgan fingerprint density at radius 3 is 2.86 bits per heavy atom. The highest BCUT2D eigenvalue weighted by Gasteiger charge is 2.27. The zero-order chi connectivity index (χ0) is 9.97. The summed E-state index contributed by atoms with van der Waals surface area (Å²) in [6.07, 6.45) is 1.26. The van der Waals surface area contributed by atoms with Gasteiger partial charge in [-0.2, -0.15) is 0 Å². The summed E-state index contributed by atoms with van der Waals surface area (Å²) in [5.41, 5.74) is 0. The fourth-order valence-corrected chi connectivity index (χ4v) is 2.03. The average molecular weight is 196 g/mol. The second kappa shape index (κ2) is 4.17. The Morgan fingerprint density at radius 1 is 1.50 bits per heavy atom. The molecule has 0 aromatic rings. The zero-order valence-electron chi connectivity index (χ0n) is 9.16. The van der Waals surface area contributed by atoms with Crippen LogP contribution in [0.2, 0.25) is 0 Å². The Balaban J connectivity index is 1.69. The van der Waals surface area contributed by atoms with E-state index >= 15 is 0 Å². The van der Waals surface area contributed by atoms with Crippen LogP contribution in [0.4, 0.5) is 0 Å². The van der Waals surface area contributed by atoms with E-state index in [9.17, 15) is 0 Å². The molecule has 0 aliphatic carbocycles. The summed E-state index contributed by atoms with van der Waals surface area (Å²) in [6, 6.07) is 0.626. The Hall–Kier alpha value is -0.770. The first-order valence-corrected chi connectivity index (χ1v) is 5.54. The zero-order valence-corrected chi connectivity index (χ0v) is 9.16. The van der Waals surface area contributed by atoms with Crippen LogP contribution in [0.3, 0.4) is 0 Å². The van der Waals surface area contributed by atoms with Crippen LogP contribution >= 0.6 is 0 Å². The Bertz CT molecular complexity index is 220. The molecule has 1 N–H and O–H groups in total. The van der Waals surface area contributed by atoms with Crippen LogP contribution in [0, 0.1) is 0 Å². The Labute approximate surface area is 86.0 Å². The maximum absolute atomic E-state index is 4.42. The minimum absolute atomic E-state index is 0.626. The lowest BCUT2D eigenvalue weighted by Crippen LogP contribution is -2.60. The standard InChI is InChI=1S/C10H20N4/c1-3-5-14-7-9(8-14)12-10-11-4-6-13(10)2/h9H,3-8H2,1-2H3,(H,11,12). The average Bonchev–Trinajstić information content (AvgIpc) is 2.48. The molecule has 0 aromatic heterocycles. The molecule has 1 saturated heterocycles. The van der Waals surface area contributed by atoms with Gasteiger partial charge in [0.15, 0.2) is 5.96 Å². The molecule has 0 bridgehead atoms. The summed E-state index contributed by atoms with van der Waals surface area (Å²) in [4.78, 5) is 9.10. The first-order valence-electron chi connectivity index (χ1n) is 5.54. The lowest BCUT2D eigenvalue weighted by Gasteiger charge is -2.40. The van der Waals surface area contributed by atoms with Crippen molar-refractivity contribution in [2.24, 2.45) is 4.99 Å². The maximum Gasteiger partial charge on any atom is 0.194 e. The van der Waals surface area contributed by atoms with Gasteiger partial charge in [-0.1, -0.05) is 6.92 Å². The molecule has 0 atom stereocenters. The van der Waals surface area contributed by atoms with Crippen molar-refractivity contribution in [3.63, 3.8) is 0 Å². The van der Waals surface area contributed by atoms with Gasteiger partial charge < -0.3 is 10.2 Å². The van der Waals surface area contributed by atoms with Crippen LogP contribution in [0.1, 0.15) is 13.3 Å². The lowest BCUT2D eigenvalue weighted by atomic mass is 10.1. The predicted octanol–water partition coefficient (Wildman–Crippen LogP) is -0.0284. The third-order valence-corrected chi connectivity index (χ3v) is 2.89. The molecule has 1 fully saturated rings. The molecule has 4 nitrogen and oxygen atoms in total. The molecule has 0 unspecified atom stereocenters. The molecule has 2 aliphatic heterocycles. The normalized spacial score (nSPS) is 23.6. The summed E-state index contributed by atoms with van der Waals surface area (Å²) < 4.78 is 0. The number of guanidine groups is 1. The first-order chi connectivity index (χ1) is 6.79. The molecule has 14 heavy (non-hydrogen) atoms. The van der Waals surface area contributed by atoms with E-state index in [4.69, 9.17) is 0 Å². The fraction of sp³-hybridized carbons (Fsp3) is 0.900. The lowest BCUT2D eigenvalue weighted by molar-refractivity contribution is 0.137. The van der Waals surface area contributed by atoms with Crippen LogP contribution in [-0.2, 0) is 0 Å². The van der Waals surface area contributed by atoms with Crippen LogP contribution in [0.15, 0.2) is 4.99 Å². The van der Waals surface area contributed by atoms with Crippen LogP contribution in [0.25, 0.3) is 0 Å². The number of rotatable bonds is 3. The van der Waals surface area contributed by atoms with Crippen molar-refractivity contribution >= 4 is 5.96 Å². The molecule has 0 aromatic carbocycles. The van der Waals surface area contributed by atoms with Crippen molar-refractivity contribution in [3.05, 3.63) is 0 Å². The van der Waals surface area contributed by atoms with Gasteiger partial charge in [-0.25, -0.2) is 0 Å². The van der Waals surface area contributed by atoms with Crippen LogP contribution < -0.4 is 5.32 Å². The van der Waals surface area contributed by atoms with Crippen molar-refractivity contribution in [2.75, 3.05) is 39.8 Å². The van der Waals surface area contributed by atoms with Crippen molar-refractivity contribution < 1.29 is 0 Å². The molecule has 2 aliphatic rings. The van der Waals surface area contributed by atoms with Gasteiger partial charge in [0, 0.05) is 26.7 Å². The van der Waals surface area contributed by atoms with Gasteiger partial charge in [-0.05, 0) is 13.0 Å². The number of likely N-dealkylation sites (tertiary alicyclic amines) is 1. The largest absolute Gasteiger partial charge is 0.351 e. The van der Waals surface area contributed by atoms with Gasteiger partial charge in [0.25, 0.3) is 0 Å². The minimum atomic E-state index is 0.626.